The van der Waals surface area contributed by atoms with E-state index in [1.54, 1.807) is 12.1 Å². The Hall–Kier alpha value is -1.52. The lowest BCUT2D eigenvalue weighted by Crippen LogP contribution is -2.06. The molecule has 0 saturated carbocycles. The van der Waals surface area contributed by atoms with E-state index in [1.165, 1.54) is 0 Å². The molecule has 0 saturated heterocycles. The summed E-state index contributed by atoms with van der Waals surface area (Å²) < 4.78 is 11.7. The molecule has 0 spiro atoms. The zero-order chi connectivity index (χ0) is 13.5. The maximum Gasteiger partial charge on any atom is 0.161 e. The minimum atomic E-state index is 0.123. The van der Waals surface area contributed by atoms with E-state index in [2.05, 4.69) is 15.9 Å². The lowest BCUT2D eigenvalue weighted by atomic mass is 10.2. The molecule has 0 unspecified atom stereocenters. The number of rotatable bonds is 6. The molecule has 3 nitrogen and oxygen atoms in total. The molecular weight excluding hydrogens is 308 g/mol. The average Bonchev–Trinajstić information content (AvgIpc) is 2.42. The summed E-state index contributed by atoms with van der Waals surface area (Å²) >= 11 is 3.27. The van der Waals surface area contributed by atoms with Gasteiger partial charge in [0.05, 0.1) is 13.2 Å². The Bertz CT molecular complexity index is 514. The monoisotopic (exact) mass is 322 g/mol. The van der Waals surface area contributed by atoms with Crippen molar-refractivity contribution in [3.63, 3.8) is 0 Å². The van der Waals surface area contributed by atoms with Crippen LogP contribution in [0.5, 0.6) is 11.5 Å². The summed E-state index contributed by atoms with van der Waals surface area (Å²) in [7, 11) is 0. The van der Waals surface area contributed by atoms with E-state index >= 15 is 0 Å². The first kappa shape index (κ1) is 13.9. The van der Waals surface area contributed by atoms with Crippen LogP contribution in [0.4, 0.5) is 0 Å². The fourth-order valence-electron chi connectivity index (χ4n) is 1.59. The van der Waals surface area contributed by atoms with Gasteiger partial charge in [-0.3, -0.25) is 0 Å². The number of ether oxygens (including phenoxy) is 2. The summed E-state index contributed by atoms with van der Waals surface area (Å²) in [5.74, 6) is 0.587. The molecule has 4 heteroatoms. The highest BCUT2D eigenvalue weighted by molar-refractivity contribution is 9.10. The molecule has 2 aromatic rings. The fourth-order valence-corrected chi connectivity index (χ4v) is 1.94. The van der Waals surface area contributed by atoms with Crippen molar-refractivity contribution in [2.24, 2.45) is 0 Å². The molecule has 0 amide bonds. The van der Waals surface area contributed by atoms with Crippen molar-refractivity contribution in [3.8, 4) is 11.5 Å². The van der Waals surface area contributed by atoms with Gasteiger partial charge in [-0.15, -0.1) is 0 Å². The van der Waals surface area contributed by atoms with Crippen molar-refractivity contribution in [2.45, 2.75) is 6.61 Å². The first-order chi connectivity index (χ1) is 9.25. The van der Waals surface area contributed by atoms with Gasteiger partial charge >= 0.3 is 0 Å². The number of aromatic hydroxyl groups is 1. The molecular formula is C15H15BrO3. The van der Waals surface area contributed by atoms with Crippen molar-refractivity contribution in [1.82, 2.24) is 0 Å². The molecule has 2 rings (SSSR count). The lowest BCUT2D eigenvalue weighted by Gasteiger charge is -2.09. The van der Waals surface area contributed by atoms with Gasteiger partial charge in [0.2, 0.25) is 0 Å². The SMILES string of the molecule is Oc1cc(Br)ccc1OCCOCc1ccccc1. The van der Waals surface area contributed by atoms with Crippen LogP contribution >= 0.6 is 15.9 Å². The van der Waals surface area contributed by atoms with E-state index < -0.39 is 0 Å². The number of phenolic OH excluding ortho intramolecular Hbond substituents is 1. The van der Waals surface area contributed by atoms with Gasteiger partial charge in [0.25, 0.3) is 0 Å². The lowest BCUT2D eigenvalue weighted by molar-refractivity contribution is 0.0880. The van der Waals surface area contributed by atoms with Gasteiger partial charge in [0, 0.05) is 4.47 Å². The average molecular weight is 323 g/mol. The molecule has 19 heavy (non-hydrogen) atoms. The molecule has 0 heterocycles. The minimum Gasteiger partial charge on any atom is -0.504 e. The van der Waals surface area contributed by atoms with Crippen LogP contribution < -0.4 is 4.74 Å². The van der Waals surface area contributed by atoms with Crippen molar-refractivity contribution >= 4 is 15.9 Å². The number of phenols is 1. The molecule has 0 aliphatic carbocycles. The Kier molecular flexibility index (Phi) is 5.24. The second-order valence-electron chi connectivity index (χ2n) is 4.00. The van der Waals surface area contributed by atoms with Crippen molar-refractivity contribution < 1.29 is 14.6 Å². The van der Waals surface area contributed by atoms with Gasteiger partial charge in [-0.2, -0.15) is 0 Å². The maximum absolute atomic E-state index is 9.63. The Morgan fingerprint density at radius 3 is 2.53 bits per heavy atom. The molecule has 100 valence electrons. The summed E-state index contributed by atoms with van der Waals surface area (Å²) in [5, 5.41) is 9.63. The molecule has 0 aromatic heterocycles. The molecule has 0 bridgehead atoms. The van der Waals surface area contributed by atoms with Crippen LogP contribution in [0.25, 0.3) is 0 Å². The van der Waals surface area contributed by atoms with Crippen molar-refractivity contribution in [2.75, 3.05) is 13.2 Å². The van der Waals surface area contributed by atoms with E-state index in [4.69, 9.17) is 9.47 Å². The Morgan fingerprint density at radius 1 is 1.00 bits per heavy atom. The summed E-state index contributed by atoms with van der Waals surface area (Å²) in [5.41, 5.74) is 1.13. The minimum absolute atomic E-state index is 0.123. The predicted molar refractivity (Wildman–Crippen MR) is 77.4 cm³/mol. The number of hydrogen-bond acceptors (Lipinski definition) is 3. The van der Waals surface area contributed by atoms with Crippen LogP contribution in [0.3, 0.4) is 0 Å². The zero-order valence-electron chi connectivity index (χ0n) is 10.4. The van der Waals surface area contributed by atoms with Gasteiger partial charge < -0.3 is 14.6 Å². The normalized spacial score (nSPS) is 10.4. The van der Waals surface area contributed by atoms with E-state index in [1.807, 2.05) is 36.4 Å². The van der Waals surface area contributed by atoms with Crippen LogP contribution in [-0.2, 0) is 11.3 Å². The Morgan fingerprint density at radius 2 is 1.79 bits per heavy atom. The van der Waals surface area contributed by atoms with E-state index in [0.717, 1.165) is 10.0 Å². The number of benzene rings is 2. The van der Waals surface area contributed by atoms with E-state index in [0.29, 0.717) is 25.6 Å². The van der Waals surface area contributed by atoms with Gasteiger partial charge in [-0.25, -0.2) is 0 Å². The molecule has 0 radical (unpaired) electrons. The molecule has 1 N–H and O–H groups in total. The molecule has 0 fully saturated rings. The number of hydrogen-bond donors (Lipinski definition) is 1. The highest BCUT2D eigenvalue weighted by Gasteiger charge is 2.02. The van der Waals surface area contributed by atoms with Crippen LogP contribution in [0.1, 0.15) is 5.56 Å². The second-order valence-corrected chi connectivity index (χ2v) is 4.91. The molecule has 0 atom stereocenters. The van der Waals surface area contributed by atoms with Gasteiger partial charge in [-0.05, 0) is 23.8 Å². The molecule has 0 aliphatic rings. The predicted octanol–water partition coefficient (Wildman–Crippen LogP) is 3.75. The smallest absolute Gasteiger partial charge is 0.161 e. The van der Waals surface area contributed by atoms with Crippen molar-refractivity contribution in [1.29, 1.82) is 0 Å². The summed E-state index contributed by atoms with van der Waals surface area (Å²) in [6.45, 7) is 1.45. The molecule has 0 aliphatic heterocycles. The van der Waals surface area contributed by atoms with Gasteiger partial charge in [-0.1, -0.05) is 46.3 Å². The largest absolute Gasteiger partial charge is 0.504 e. The van der Waals surface area contributed by atoms with Crippen molar-refractivity contribution in [3.05, 3.63) is 58.6 Å². The van der Waals surface area contributed by atoms with Crippen LogP contribution in [0, 0.1) is 0 Å². The third-order valence-electron chi connectivity index (χ3n) is 2.52. The second kappa shape index (κ2) is 7.16. The topological polar surface area (TPSA) is 38.7 Å². The number of halogens is 1. The van der Waals surface area contributed by atoms with E-state index in [9.17, 15) is 5.11 Å². The third kappa shape index (κ3) is 4.58. The van der Waals surface area contributed by atoms with Gasteiger partial charge in [0.1, 0.15) is 6.61 Å². The summed E-state index contributed by atoms with van der Waals surface area (Å²) in [4.78, 5) is 0. The highest BCUT2D eigenvalue weighted by atomic mass is 79.9. The van der Waals surface area contributed by atoms with Crippen LogP contribution in [0.15, 0.2) is 53.0 Å². The Labute approximate surface area is 120 Å². The first-order valence-electron chi connectivity index (χ1n) is 5.99. The van der Waals surface area contributed by atoms with Gasteiger partial charge in [0.15, 0.2) is 11.5 Å². The van der Waals surface area contributed by atoms with E-state index in [-0.39, 0.29) is 5.75 Å². The third-order valence-corrected chi connectivity index (χ3v) is 3.01. The van der Waals surface area contributed by atoms with Crippen LogP contribution in [-0.4, -0.2) is 18.3 Å². The van der Waals surface area contributed by atoms with Crippen LogP contribution in [0.2, 0.25) is 0 Å². The fraction of sp³-hybridized carbons (Fsp3) is 0.200. The zero-order valence-corrected chi connectivity index (χ0v) is 12.0. The standard InChI is InChI=1S/C15H15BrO3/c16-13-6-7-15(14(17)10-13)19-9-8-18-11-12-4-2-1-3-5-12/h1-7,10,17H,8-9,11H2. The summed E-state index contributed by atoms with van der Waals surface area (Å²) in [6.07, 6.45) is 0. The summed E-state index contributed by atoms with van der Waals surface area (Å²) in [6, 6.07) is 15.1. The molecule has 2 aromatic carbocycles. The maximum atomic E-state index is 9.63. The Balaban J connectivity index is 1.69. The highest BCUT2D eigenvalue weighted by Crippen LogP contribution is 2.28. The quantitative estimate of drug-likeness (QED) is 0.823. The first-order valence-corrected chi connectivity index (χ1v) is 6.78.